The molecule has 0 saturated heterocycles. The van der Waals surface area contributed by atoms with Crippen LogP contribution in [-0.2, 0) is 4.79 Å². The Morgan fingerprint density at radius 1 is 1.28 bits per heavy atom. The highest BCUT2D eigenvalue weighted by Crippen LogP contribution is 2.17. The highest BCUT2D eigenvalue weighted by atomic mass is 16.5. The van der Waals surface area contributed by atoms with Crippen molar-refractivity contribution in [3.05, 3.63) is 42.1 Å². The number of hydrogen-bond acceptors (Lipinski definition) is 4. The molecule has 0 atom stereocenters. The van der Waals surface area contributed by atoms with Crippen molar-refractivity contribution in [2.45, 2.75) is 6.92 Å². The predicted molar refractivity (Wildman–Crippen MR) is 61.8 cm³/mol. The van der Waals surface area contributed by atoms with Crippen molar-refractivity contribution >= 4 is 11.9 Å². The maximum absolute atomic E-state index is 11.1. The maximum Gasteiger partial charge on any atom is 0.354 e. The van der Waals surface area contributed by atoms with Crippen molar-refractivity contribution in [3.8, 4) is 11.6 Å². The number of para-hydroxylation sites is 1. The summed E-state index contributed by atoms with van der Waals surface area (Å²) in [6.45, 7) is 1.22. The van der Waals surface area contributed by atoms with Crippen molar-refractivity contribution in [3.63, 3.8) is 0 Å². The van der Waals surface area contributed by atoms with Gasteiger partial charge in [0.25, 0.3) is 0 Å². The van der Waals surface area contributed by atoms with E-state index in [1.807, 2.05) is 0 Å². The van der Waals surface area contributed by atoms with E-state index in [9.17, 15) is 9.59 Å². The van der Waals surface area contributed by atoms with Gasteiger partial charge in [-0.2, -0.15) is 0 Å². The van der Waals surface area contributed by atoms with Crippen LogP contribution < -0.4 is 4.74 Å². The van der Waals surface area contributed by atoms with Crippen LogP contribution in [0.25, 0.3) is 5.69 Å². The fourth-order valence-corrected chi connectivity index (χ4v) is 1.47. The van der Waals surface area contributed by atoms with Crippen LogP contribution >= 0.6 is 0 Å². The van der Waals surface area contributed by atoms with E-state index in [0.717, 1.165) is 0 Å². The van der Waals surface area contributed by atoms with Gasteiger partial charge in [0, 0.05) is 13.0 Å². The summed E-state index contributed by atoms with van der Waals surface area (Å²) in [6.07, 6.45) is 0. The van der Waals surface area contributed by atoms with Gasteiger partial charge in [-0.25, -0.2) is 9.48 Å². The Labute approximate surface area is 102 Å². The summed E-state index contributed by atoms with van der Waals surface area (Å²) in [5.41, 5.74) is 0.505. The molecule has 2 rings (SSSR count). The second kappa shape index (κ2) is 4.70. The summed E-state index contributed by atoms with van der Waals surface area (Å²) in [5.74, 6) is -1.74. The Balaban J connectivity index is 2.48. The molecule has 1 heterocycles. The SMILES string of the molecule is CC(=O)Oc1cc(C(=O)O)n(-c2ccccc2)n1. The Morgan fingerprint density at radius 3 is 2.50 bits per heavy atom. The molecule has 0 fully saturated rings. The lowest BCUT2D eigenvalue weighted by molar-refractivity contribution is -0.132. The molecule has 0 amide bonds. The van der Waals surface area contributed by atoms with Gasteiger partial charge >= 0.3 is 11.9 Å². The molecule has 92 valence electrons. The Kier molecular flexibility index (Phi) is 3.09. The lowest BCUT2D eigenvalue weighted by Gasteiger charge is -2.02. The molecular formula is C12H10N2O4. The smallest absolute Gasteiger partial charge is 0.354 e. The number of benzene rings is 1. The molecular weight excluding hydrogens is 236 g/mol. The number of hydrogen-bond donors (Lipinski definition) is 1. The topological polar surface area (TPSA) is 81.4 Å². The van der Waals surface area contributed by atoms with Gasteiger partial charge in [-0.05, 0) is 12.1 Å². The number of esters is 1. The Morgan fingerprint density at radius 2 is 1.94 bits per heavy atom. The molecule has 18 heavy (non-hydrogen) atoms. The molecule has 0 saturated carbocycles. The van der Waals surface area contributed by atoms with Gasteiger partial charge in [0.15, 0.2) is 5.69 Å². The van der Waals surface area contributed by atoms with Gasteiger partial charge in [0.2, 0.25) is 5.88 Å². The molecule has 0 aliphatic heterocycles. The number of aromatic carboxylic acids is 1. The number of nitrogens with zero attached hydrogens (tertiary/aromatic N) is 2. The third kappa shape index (κ3) is 2.37. The van der Waals surface area contributed by atoms with Crippen molar-refractivity contribution in [1.82, 2.24) is 9.78 Å². The van der Waals surface area contributed by atoms with Crippen LogP contribution in [0, 0.1) is 0 Å². The molecule has 0 aliphatic carbocycles. The number of carboxylic acid groups (broad SMARTS) is 1. The molecule has 1 aromatic carbocycles. The van der Waals surface area contributed by atoms with Crippen molar-refractivity contribution in [2.75, 3.05) is 0 Å². The summed E-state index contributed by atoms with van der Waals surface area (Å²) < 4.78 is 5.98. The second-order valence-electron chi connectivity index (χ2n) is 3.51. The van der Waals surface area contributed by atoms with Crippen molar-refractivity contribution < 1.29 is 19.4 Å². The Hall–Kier alpha value is -2.63. The summed E-state index contributed by atoms with van der Waals surface area (Å²) >= 11 is 0. The highest BCUT2D eigenvalue weighted by Gasteiger charge is 2.17. The predicted octanol–water partition coefficient (Wildman–Crippen LogP) is 1.50. The van der Waals surface area contributed by atoms with Crippen LogP contribution in [0.3, 0.4) is 0 Å². The van der Waals surface area contributed by atoms with Crippen LogP contribution in [-0.4, -0.2) is 26.8 Å². The van der Waals surface area contributed by atoms with E-state index in [0.29, 0.717) is 5.69 Å². The Bertz CT molecular complexity index is 589. The first-order chi connectivity index (χ1) is 8.58. The summed E-state index contributed by atoms with van der Waals surface area (Å²) in [6, 6.07) is 9.94. The first kappa shape index (κ1) is 11.8. The number of carboxylic acids is 1. The molecule has 0 radical (unpaired) electrons. The average Bonchev–Trinajstić information content (AvgIpc) is 2.73. The molecule has 1 aromatic heterocycles. The largest absolute Gasteiger partial charge is 0.477 e. The van der Waals surface area contributed by atoms with E-state index in [1.54, 1.807) is 30.3 Å². The zero-order valence-corrected chi connectivity index (χ0v) is 9.53. The molecule has 1 N–H and O–H groups in total. The molecule has 0 bridgehead atoms. The minimum Gasteiger partial charge on any atom is -0.477 e. The third-order valence-electron chi connectivity index (χ3n) is 2.16. The standard InChI is InChI=1S/C12H10N2O4/c1-8(15)18-11-7-10(12(16)17)14(13-11)9-5-3-2-4-6-9/h2-7H,1H3,(H,16,17). The van der Waals surface area contributed by atoms with Gasteiger partial charge in [0.1, 0.15) is 0 Å². The van der Waals surface area contributed by atoms with Crippen molar-refractivity contribution in [2.24, 2.45) is 0 Å². The summed E-state index contributed by atoms with van der Waals surface area (Å²) in [4.78, 5) is 21.9. The van der Waals surface area contributed by atoms with Gasteiger partial charge in [-0.3, -0.25) is 4.79 Å². The molecule has 6 heteroatoms. The summed E-state index contributed by atoms with van der Waals surface area (Å²) in [7, 11) is 0. The average molecular weight is 246 g/mol. The number of carbonyl (C=O) groups excluding carboxylic acids is 1. The lowest BCUT2D eigenvalue weighted by Crippen LogP contribution is -2.07. The van der Waals surface area contributed by atoms with Gasteiger partial charge in [-0.1, -0.05) is 18.2 Å². The van der Waals surface area contributed by atoms with E-state index < -0.39 is 11.9 Å². The summed E-state index contributed by atoms with van der Waals surface area (Å²) in [5, 5.41) is 13.0. The van der Waals surface area contributed by atoms with Gasteiger partial charge in [0.05, 0.1) is 5.69 Å². The highest BCUT2D eigenvalue weighted by molar-refractivity contribution is 5.87. The zero-order valence-electron chi connectivity index (χ0n) is 9.53. The van der Waals surface area contributed by atoms with Crippen LogP contribution in [0.5, 0.6) is 5.88 Å². The van der Waals surface area contributed by atoms with E-state index in [1.165, 1.54) is 17.7 Å². The first-order valence-corrected chi connectivity index (χ1v) is 5.15. The maximum atomic E-state index is 11.1. The molecule has 6 nitrogen and oxygen atoms in total. The molecule has 0 spiro atoms. The number of aromatic nitrogens is 2. The number of ether oxygens (including phenoxy) is 1. The van der Waals surface area contributed by atoms with Crippen LogP contribution in [0.2, 0.25) is 0 Å². The normalized spacial score (nSPS) is 10.1. The van der Waals surface area contributed by atoms with E-state index >= 15 is 0 Å². The number of rotatable bonds is 3. The van der Waals surface area contributed by atoms with Crippen LogP contribution in [0.15, 0.2) is 36.4 Å². The van der Waals surface area contributed by atoms with E-state index in [2.05, 4.69) is 5.10 Å². The fraction of sp³-hybridized carbons (Fsp3) is 0.0833. The first-order valence-electron chi connectivity index (χ1n) is 5.15. The van der Waals surface area contributed by atoms with Crippen LogP contribution in [0.4, 0.5) is 0 Å². The zero-order chi connectivity index (χ0) is 13.1. The molecule has 0 aliphatic rings. The minimum absolute atomic E-state index is 0.0382. The van der Waals surface area contributed by atoms with E-state index in [4.69, 9.17) is 9.84 Å². The third-order valence-corrected chi connectivity index (χ3v) is 2.16. The molecule has 0 unspecified atom stereocenters. The van der Waals surface area contributed by atoms with Crippen molar-refractivity contribution in [1.29, 1.82) is 0 Å². The lowest BCUT2D eigenvalue weighted by atomic mass is 10.3. The van der Waals surface area contributed by atoms with Gasteiger partial charge < -0.3 is 9.84 Å². The quantitative estimate of drug-likeness (QED) is 0.830. The van der Waals surface area contributed by atoms with E-state index in [-0.39, 0.29) is 11.6 Å². The second-order valence-corrected chi connectivity index (χ2v) is 3.51. The van der Waals surface area contributed by atoms with Crippen LogP contribution in [0.1, 0.15) is 17.4 Å². The van der Waals surface area contributed by atoms with Gasteiger partial charge in [-0.15, -0.1) is 5.10 Å². The fourth-order valence-electron chi connectivity index (χ4n) is 1.47. The molecule has 2 aromatic rings. The number of carbonyl (C=O) groups is 2. The monoisotopic (exact) mass is 246 g/mol. The minimum atomic E-state index is -1.15.